The Balaban J connectivity index is 3.37. The van der Waals surface area contributed by atoms with E-state index in [1.54, 1.807) is 0 Å². The van der Waals surface area contributed by atoms with Crippen molar-refractivity contribution in [2.75, 3.05) is 24.7 Å². The summed E-state index contributed by atoms with van der Waals surface area (Å²) in [6.45, 7) is 2.52. The summed E-state index contributed by atoms with van der Waals surface area (Å²) in [5.74, 6) is 1.29. The van der Waals surface area contributed by atoms with Gasteiger partial charge in [0.05, 0.1) is 6.61 Å². The average Bonchev–Trinajstić information content (AvgIpc) is 1.88. The summed E-state index contributed by atoms with van der Waals surface area (Å²) in [5.41, 5.74) is 5.32. The molecule has 0 rings (SSSR count). The molecule has 0 saturated carbocycles. The second kappa shape index (κ2) is 5.82. The van der Waals surface area contributed by atoms with E-state index in [9.17, 15) is 4.21 Å². The minimum absolute atomic E-state index is 0.00387. The summed E-state index contributed by atoms with van der Waals surface area (Å²) in [6, 6.07) is 0. The van der Waals surface area contributed by atoms with E-state index in [0.717, 1.165) is 0 Å². The highest BCUT2D eigenvalue weighted by Crippen LogP contribution is 1.94. The van der Waals surface area contributed by atoms with Gasteiger partial charge in [-0.3, -0.25) is 4.21 Å². The highest BCUT2D eigenvalue weighted by molar-refractivity contribution is 7.85. The highest BCUT2D eigenvalue weighted by Gasteiger charge is 2.04. The zero-order chi connectivity index (χ0) is 7.98. The maximum absolute atomic E-state index is 10.9. The lowest BCUT2D eigenvalue weighted by Crippen LogP contribution is -2.19. The van der Waals surface area contributed by atoms with Gasteiger partial charge in [0.15, 0.2) is 0 Å². The van der Waals surface area contributed by atoms with Crippen LogP contribution >= 0.6 is 0 Å². The first-order valence-electron chi connectivity index (χ1n) is 3.36. The normalized spacial score (nSPS) is 16.7. The van der Waals surface area contributed by atoms with Gasteiger partial charge >= 0.3 is 0 Å². The molecule has 0 aromatic carbocycles. The Hall–Kier alpha value is 0.0700. The van der Waals surface area contributed by atoms with Crippen molar-refractivity contribution in [1.29, 1.82) is 0 Å². The maximum atomic E-state index is 10.9. The molecule has 0 fully saturated rings. The Kier molecular flexibility index (Phi) is 5.87. The molecule has 0 saturated heterocycles. The van der Waals surface area contributed by atoms with Gasteiger partial charge in [-0.15, -0.1) is 0 Å². The van der Waals surface area contributed by atoms with Gasteiger partial charge in [0.25, 0.3) is 0 Å². The fraction of sp³-hybridized carbons (Fsp3) is 1.00. The van der Waals surface area contributed by atoms with Crippen LogP contribution in [0.25, 0.3) is 0 Å². The molecular formula is C6H15NO2S. The van der Waals surface area contributed by atoms with Gasteiger partial charge in [-0.1, -0.05) is 6.92 Å². The smallest absolute Gasteiger partial charge is 0.0546 e. The van der Waals surface area contributed by atoms with Crippen LogP contribution in [0.1, 0.15) is 6.92 Å². The zero-order valence-corrected chi connectivity index (χ0v) is 7.06. The Morgan fingerprint density at radius 3 is 2.70 bits per heavy atom. The van der Waals surface area contributed by atoms with E-state index in [-0.39, 0.29) is 6.61 Å². The second-order valence-corrected chi connectivity index (χ2v) is 4.00. The maximum Gasteiger partial charge on any atom is 0.0546 e. The third-order valence-electron chi connectivity index (χ3n) is 1.19. The molecule has 0 aliphatic carbocycles. The minimum Gasteiger partial charge on any atom is -0.395 e. The van der Waals surface area contributed by atoms with E-state index in [4.69, 9.17) is 10.8 Å². The molecule has 0 aromatic heterocycles. The van der Waals surface area contributed by atoms with Crippen molar-refractivity contribution in [1.82, 2.24) is 0 Å². The summed E-state index contributed by atoms with van der Waals surface area (Å²) < 4.78 is 10.9. The Morgan fingerprint density at radius 1 is 1.70 bits per heavy atom. The molecule has 0 amide bonds. The number of aliphatic hydroxyl groups is 1. The lowest BCUT2D eigenvalue weighted by Gasteiger charge is -2.05. The van der Waals surface area contributed by atoms with Gasteiger partial charge in [0.1, 0.15) is 0 Å². The van der Waals surface area contributed by atoms with Crippen LogP contribution in [-0.4, -0.2) is 34.0 Å². The van der Waals surface area contributed by atoms with Gasteiger partial charge in [-0.25, -0.2) is 0 Å². The highest BCUT2D eigenvalue weighted by atomic mass is 32.2. The predicted octanol–water partition coefficient (Wildman–Crippen LogP) is -0.678. The molecule has 2 atom stereocenters. The SMILES string of the molecule is CC(CN)CS(=O)CCO. The molecule has 3 nitrogen and oxygen atoms in total. The van der Waals surface area contributed by atoms with Crippen molar-refractivity contribution in [3.05, 3.63) is 0 Å². The van der Waals surface area contributed by atoms with Crippen LogP contribution in [0.5, 0.6) is 0 Å². The number of aliphatic hydroxyl groups excluding tert-OH is 1. The molecule has 10 heavy (non-hydrogen) atoms. The molecule has 0 radical (unpaired) electrons. The standard InChI is InChI=1S/C6H15NO2S/c1-6(4-7)5-10(9)3-2-8/h6,8H,2-5,7H2,1H3. The van der Waals surface area contributed by atoms with Crippen molar-refractivity contribution < 1.29 is 9.32 Å². The largest absolute Gasteiger partial charge is 0.395 e. The van der Waals surface area contributed by atoms with E-state index < -0.39 is 10.8 Å². The molecule has 3 N–H and O–H groups in total. The summed E-state index contributed by atoms with van der Waals surface area (Å²) in [7, 11) is -0.880. The summed E-state index contributed by atoms with van der Waals surface area (Å²) in [5, 5.41) is 8.40. The van der Waals surface area contributed by atoms with E-state index in [1.807, 2.05) is 6.92 Å². The Labute approximate surface area is 64.1 Å². The van der Waals surface area contributed by atoms with E-state index in [2.05, 4.69) is 0 Å². The number of hydrogen-bond acceptors (Lipinski definition) is 3. The summed E-state index contributed by atoms with van der Waals surface area (Å²) in [4.78, 5) is 0. The van der Waals surface area contributed by atoms with Gasteiger partial charge < -0.3 is 10.8 Å². The van der Waals surface area contributed by atoms with E-state index >= 15 is 0 Å². The number of nitrogens with two attached hydrogens (primary N) is 1. The van der Waals surface area contributed by atoms with Crippen molar-refractivity contribution in [2.45, 2.75) is 6.92 Å². The van der Waals surface area contributed by atoms with Crippen molar-refractivity contribution in [3.8, 4) is 0 Å². The van der Waals surface area contributed by atoms with Crippen LogP contribution in [0.2, 0.25) is 0 Å². The summed E-state index contributed by atoms with van der Waals surface area (Å²) in [6.07, 6.45) is 0. The first-order valence-corrected chi connectivity index (χ1v) is 4.85. The van der Waals surface area contributed by atoms with Crippen LogP contribution in [0, 0.1) is 5.92 Å². The second-order valence-electron chi connectivity index (χ2n) is 2.38. The fourth-order valence-corrected chi connectivity index (χ4v) is 1.71. The van der Waals surface area contributed by atoms with Gasteiger partial charge in [-0.2, -0.15) is 0 Å². The molecule has 4 heteroatoms. The van der Waals surface area contributed by atoms with E-state index in [0.29, 0.717) is 24.0 Å². The number of rotatable bonds is 5. The molecule has 0 aliphatic rings. The first kappa shape index (κ1) is 10.1. The predicted molar refractivity (Wildman–Crippen MR) is 43.2 cm³/mol. The van der Waals surface area contributed by atoms with Crippen molar-refractivity contribution in [2.24, 2.45) is 11.7 Å². The van der Waals surface area contributed by atoms with Crippen LogP contribution in [0.4, 0.5) is 0 Å². The minimum atomic E-state index is -0.880. The third-order valence-corrected chi connectivity index (χ3v) is 2.77. The van der Waals surface area contributed by atoms with Gasteiger partial charge in [0.2, 0.25) is 0 Å². The van der Waals surface area contributed by atoms with E-state index in [1.165, 1.54) is 0 Å². The van der Waals surface area contributed by atoms with Crippen LogP contribution < -0.4 is 5.73 Å². The summed E-state index contributed by atoms with van der Waals surface area (Å²) >= 11 is 0. The number of hydrogen-bond donors (Lipinski definition) is 2. The molecule has 0 bridgehead atoms. The molecule has 2 unspecified atom stereocenters. The zero-order valence-electron chi connectivity index (χ0n) is 6.25. The molecule has 0 aromatic rings. The molecule has 0 aliphatic heterocycles. The fourth-order valence-electron chi connectivity index (χ4n) is 0.571. The average molecular weight is 165 g/mol. The molecule has 0 spiro atoms. The Morgan fingerprint density at radius 2 is 2.30 bits per heavy atom. The quantitative estimate of drug-likeness (QED) is 0.567. The lowest BCUT2D eigenvalue weighted by molar-refractivity contribution is 0.321. The van der Waals surface area contributed by atoms with Gasteiger partial charge in [-0.05, 0) is 12.5 Å². The third kappa shape index (κ3) is 4.90. The van der Waals surface area contributed by atoms with Crippen LogP contribution in [-0.2, 0) is 10.8 Å². The molecule has 62 valence electrons. The molecule has 0 heterocycles. The monoisotopic (exact) mass is 165 g/mol. The van der Waals surface area contributed by atoms with Crippen molar-refractivity contribution in [3.63, 3.8) is 0 Å². The van der Waals surface area contributed by atoms with Crippen LogP contribution in [0.15, 0.2) is 0 Å². The first-order chi connectivity index (χ1) is 4.70. The molecular weight excluding hydrogens is 150 g/mol. The van der Waals surface area contributed by atoms with Crippen LogP contribution in [0.3, 0.4) is 0 Å². The lowest BCUT2D eigenvalue weighted by atomic mass is 10.2. The van der Waals surface area contributed by atoms with Crippen molar-refractivity contribution >= 4 is 10.8 Å². The van der Waals surface area contributed by atoms with Gasteiger partial charge in [0, 0.05) is 22.3 Å². The topological polar surface area (TPSA) is 63.3 Å². The Bertz CT molecular complexity index is 108.